The van der Waals surface area contributed by atoms with Gasteiger partial charge in [0.1, 0.15) is 5.54 Å². The number of likely N-dealkylation sites (N-methyl/N-ethyl adjacent to an activating group) is 1. The molecule has 2 rings (SSSR count). The van der Waals surface area contributed by atoms with Gasteiger partial charge in [-0.2, -0.15) is 10.4 Å². The van der Waals surface area contributed by atoms with Crippen LogP contribution in [-0.4, -0.2) is 21.9 Å². The number of nitrogens with one attached hydrogen (secondary N) is 1. The summed E-state index contributed by atoms with van der Waals surface area (Å²) in [5, 5.41) is 17.0. The highest BCUT2D eigenvalue weighted by atomic mass is 127. The van der Waals surface area contributed by atoms with Crippen molar-refractivity contribution >= 4 is 22.6 Å². The molecule has 1 aliphatic carbocycles. The summed E-state index contributed by atoms with van der Waals surface area (Å²) in [5.41, 5.74) is -0.427. The molecule has 86 valence electrons. The molecule has 0 aliphatic heterocycles. The van der Waals surface area contributed by atoms with Crippen LogP contribution < -0.4 is 5.32 Å². The molecule has 0 aromatic carbocycles. The molecular weight excluding hydrogens is 315 g/mol. The van der Waals surface area contributed by atoms with E-state index in [0.717, 1.165) is 23.0 Å². The van der Waals surface area contributed by atoms with E-state index in [0.29, 0.717) is 12.5 Å². The number of nitriles is 1. The first-order chi connectivity index (χ1) is 7.70. The second-order valence-corrected chi connectivity index (χ2v) is 5.49. The van der Waals surface area contributed by atoms with E-state index in [4.69, 9.17) is 0 Å². The van der Waals surface area contributed by atoms with Gasteiger partial charge < -0.3 is 0 Å². The van der Waals surface area contributed by atoms with Crippen LogP contribution >= 0.6 is 22.6 Å². The van der Waals surface area contributed by atoms with Gasteiger partial charge in [-0.3, -0.25) is 10.00 Å². The Hall–Kier alpha value is -0.610. The number of hydrogen-bond acceptors (Lipinski definition) is 3. The van der Waals surface area contributed by atoms with E-state index in [2.05, 4.69) is 39.1 Å². The van der Waals surface area contributed by atoms with Crippen molar-refractivity contribution in [2.75, 3.05) is 6.54 Å². The second kappa shape index (κ2) is 4.72. The van der Waals surface area contributed by atoms with Crippen molar-refractivity contribution in [2.24, 2.45) is 5.92 Å². The first-order valence-electron chi connectivity index (χ1n) is 5.54. The summed E-state index contributed by atoms with van der Waals surface area (Å²) in [6.45, 7) is 3.51. The number of nitrogens with zero attached hydrogens (tertiary/aromatic N) is 3. The topological polar surface area (TPSA) is 53.6 Å². The zero-order valence-electron chi connectivity index (χ0n) is 9.28. The highest BCUT2D eigenvalue weighted by Crippen LogP contribution is 2.40. The van der Waals surface area contributed by atoms with E-state index in [1.807, 2.05) is 24.0 Å². The van der Waals surface area contributed by atoms with Gasteiger partial charge in [0.05, 0.1) is 22.4 Å². The number of halogens is 1. The Morgan fingerprint density at radius 1 is 1.75 bits per heavy atom. The maximum atomic E-state index is 9.43. The van der Waals surface area contributed by atoms with E-state index in [1.54, 1.807) is 0 Å². The van der Waals surface area contributed by atoms with Gasteiger partial charge in [-0.25, -0.2) is 0 Å². The monoisotopic (exact) mass is 330 g/mol. The van der Waals surface area contributed by atoms with Crippen molar-refractivity contribution in [3.8, 4) is 6.07 Å². The fourth-order valence-electron chi connectivity index (χ4n) is 2.07. The number of rotatable bonds is 5. The van der Waals surface area contributed by atoms with E-state index < -0.39 is 5.54 Å². The lowest BCUT2D eigenvalue weighted by Crippen LogP contribution is -2.49. The third-order valence-electron chi connectivity index (χ3n) is 2.98. The SMILES string of the molecule is CCNC(C#N)(Cn1cc(I)cn1)C1CC1. The normalized spacial score (nSPS) is 19.1. The lowest BCUT2D eigenvalue weighted by atomic mass is 9.95. The number of aromatic nitrogens is 2. The zero-order chi connectivity index (χ0) is 11.6. The lowest BCUT2D eigenvalue weighted by molar-refractivity contribution is 0.311. The molecule has 0 bridgehead atoms. The van der Waals surface area contributed by atoms with Crippen molar-refractivity contribution in [1.82, 2.24) is 15.1 Å². The van der Waals surface area contributed by atoms with Gasteiger partial charge in [0.25, 0.3) is 0 Å². The van der Waals surface area contributed by atoms with Crippen LogP contribution in [0, 0.1) is 20.8 Å². The molecule has 0 saturated heterocycles. The maximum absolute atomic E-state index is 9.43. The highest BCUT2D eigenvalue weighted by Gasteiger charge is 2.45. The zero-order valence-corrected chi connectivity index (χ0v) is 11.4. The minimum Gasteiger partial charge on any atom is -0.298 e. The molecule has 5 heteroatoms. The van der Waals surface area contributed by atoms with Crippen molar-refractivity contribution < 1.29 is 0 Å². The summed E-state index contributed by atoms with van der Waals surface area (Å²) < 4.78 is 2.98. The van der Waals surface area contributed by atoms with Crippen molar-refractivity contribution in [3.05, 3.63) is 16.0 Å². The largest absolute Gasteiger partial charge is 0.298 e. The molecule has 1 atom stereocenters. The standard InChI is InChI=1S/C11H15IN4/c1-2-14-11(7-13,9-3-4-9)8-16-6-10(12)5-15-16/h5-6,9,14H,2-4,8H2,1H3. The molecular formula is C11H15IN4. The van der Waals surface area contributed by atoms with Gasteiger partial charge in [0.2, 0.25) is 0 Å². The second-order valence-electron chi connectivity index (χ2n) is 4.24. The molecule has 1 aromatic rings. The first kappa shape index (κ1) is 11.9. The highest BCUT2D eigenvalue weighted by molar-refractivity contribution is 14.1. The Bertz CT molecular complexity index is 404. The van der Waals surface area contributed by atoms with E-state index in [-0.39, 0.29) is 0 Å². The molecule has 1 saturated carbocycles. The Morgan fingerprint density at radius 3 is 2.94 bits per heavy atom. The van der Waals surface area contributed by atoms with Gasteiger partial charge in [-0.05, 0) is 47.9 Å². The Labute approximate surface area is 109 Å². The summed E-state index contributed by atoms with van der Waals surface area (Å²) in [6, 6.07) is 2.46. The smallest absolute Gasteiger partial charge is 0.129 e. The summed E-state index contributed by atoms with van der Waals surface area (Å²) in [7, 11) is 0. The van der Waals surface area contributed by atoms with Crippen LogP contribution in [0.5, 0.6) is 0 Å². The van der Waals surface area contributed by atoms with Crippen LogP contribution in [0.25, 0.3) is 0 Å². The molecule has 0 spiro atoms. The fourth-order valence-corrected chi connectivity index (χ4v) is 2.51. The average molecular weight is 330 g/mol. The fraction of sp³-hybridized carbons (Fsp3) is 0.636. The summed E-state index contributed by atoms with van der Waals surface area (Å²) in [6.07, 6.45) is 6.10. The predicted octanol–water partition coefficient (Wildman–Crippen LogP) is 1.77. The molecule has 1 aromatic heterocycles. The van der Waals surface area contributed by atoms with Crippen LogP contribution in [0.4, 0.5) is 0 Å². The van der Waals surface area contributed by atoms with E-state index in [9.17, 15) is 5.26 Å². The van der Waals surface area contributed by atoms with Crippen molar-refractivity contribution in [2.45, 2.75) is 31.8 Å². The summed E-state index contributed by atoms with van der Waals surface area (Å²) in [4.78, 5) is 0. The molecule has 1 unspecified atom stereocenters. The average Bonchev–Trinajstić information content (AvgIpc) is 3.04. The maximum Gasteiger partial charge on any atom is 0.129 e. The van der Waals surface area contributed by atoms with E-state index in [1.165, 1.54) is 0 Å². The molecule has 1 N–H and O–H groups in total. The quantitative estimate of drug-likeness (QED) is 0.837. The molecule has 0 radical (unpaired) electrons. The van der Waals surface area contributed by atoms with Gasteiger partial charge in [-0.15, -0.1) is 0 Å². The molecule has 1 heterocycles. The summed E-state index contributed by atoms with van der Waals surface area (Å²) in [5.74, 6) is 0.485. The lowest BCUT2D eigenvalue weighted by Gasteiger charge is -2.27. The molecule has 16 heavy (non-hydrogen) atoms. The van der Waals surface area contributed by atoms with Crippen LogP contribution in [0.2, 0.25) is 0 Å². The summed E-state index contributed by atoms with van der Waals surface area (Å²) >= 11 is 2.23. The Balaban J connectivity index is 2.16. The molecule has 4 nitrogen and oxygen atoms in total. The third kappa shape index (κ3) is 2.38. The van der Waals surface area contributed by atoms with Crippen molar-refractivity contribution in [3.63, 3.8) is 0 Å². The number of hydrogen-bond donors (Lipinski definition) is 1. The van der Waals surface area contributed by atoms with Crippen LogP contribution in [-0.2, 0) is 6.54 Å². The van der Waals surface area contributed by atoms with Gasteiger partial charge in [0, 0.05) is 6.20 Å². The van der Waals surface area contributed by atoms with Gasteiger partial charge in [0.15, 0.2) is 0 Å². The van der Waals surface area contributed by atoms with Crippen LogP contribution in [0.1, 0.15) is 19.8 Å². The minimum atomic E-state index is -0.427. The molecule has 0 amide bonds. The van der Waals surface area contributed by atoms with Crippen LogP contribution in [0.3, 0.4) is 0 Å². The molecule has 1 aliphatic rings. The minimum absolute atomic E-state index is 0.427. The third-order valence-corrected chi connectivity index (χ3v) is 3.54. The van der Waals surface area contributed by atoms with Gasteiger partial charge >= 0.3 is 0 Å². The first-order valence-corrected chi connectivity index (χ1v) is 6.62. The van der Waals surface area contributed by atoms with E-state index >= 15 is 0 Å². The Morgan fingerprint density at radius 2 is 2.50 bits per heavy atom. The van der Waals surface area contributed by atoms with Crippen molar-refractivity contribution in [1.29, 1.82) is 5.26 Å². The van der Waals surface area contributed by atoms with Gasteiger partial charge in [-0.1, -0.05) is 6.92 Å². The molecule has 1 fully saturated rings. The van der Waals surface area contributed by atoms with Crippen LogP contribution in [0.15, 0.2) is 12.4 Å². The predicted molar refractivity (Wildman–Crippen MR) is 69.7 cm³/mol. The Kier molecular flexibility index (Phi) is 3.50.